The average Bonchev–Trinajstić information content (AvgIpc) is 2.83. The van der Waals surface area contributed by atoms with Crippen molar-refractivity contribution >= 4 is 0 Å². The Hall–Kier alpha value is -0.0400. The zero-order chi connectivity index (χ0) is 9.23. The largest absolute Gasteiger partial charge is 0.311 e. The maximum absolute atomic E-state index is 3.31. The van der Waals surface area contributed by atoms with Crippen LogP contribution >= 0.6 is 0 Å². The third-order valence-electron chi connectivity index (χ3n) is 1.90. The third-order valence-corrected chi connectivity index (χ3v) is 1.90. The van der Waals surface area contributed by atoms with Crippen LogP contribution in [0, 0.1) is 0 Å². The Morgan fingerprint density at radius 3 is 2.08 bits per heavy atom. The van der Waals surface area contributed by atoms with Gasteiger partial charge in [-0.2, -0.15) is 0 Å². The summed E-state index contributed by atoms with van der Waals surface area (Å²) in [6.07, 6.45) is 8.32. The van der Waals surface area contributed by atoms with Crippen molar-refractivity contribution in [3.63, 3.8) is 0 Å². The monoisotopic (exact) mass is 171 g/mol. The van der Waals surface area contributed by atoms with Gasteiger partial charge in [-0.3, -0.25) is 0 Å². The number of hydrogen-bond acceptors (Lipinski definition) is 1. The Labute approximate surface area is 77.9 Å². The van der Waals surface area contributed by atoms with Crippen LogP contribution in [0.4, 0.5) is 0 Å². The number of nitrogens with one attached hydrogen (secondary N) is 1. The second-order valence-corrected chi connectivity index (χ2v) is 3.66. The number of rotatable bonds is 5. The van der Waals surface area contributed by atoms with Crippen molar-refractivity contribution < 1.29 is 0 Å². The first-order valence-electron chi connectivity index (χ1n) is 5.58. The van der Waals surface area contributed by atoms with Crippen molar-refractivity contribution in [3.05, 3.63) is 0 Å². The van der Waals surface area contributed by atoms with E-state index in [9.17, 15) is 0 Å². The molecule has 12 heavy (non-hydrogen) atoms. The van der Waals surface area contributed by atoms with Gasteiger partial charge in [0.15, 0.2) is 0 Å². The van der Waals surface area contributed by atoms with Crippen LogP contribution < -0.4 is 5.32 Å². The molecule has 0 unspecified atom stereocenters. The Kier molecular flexibility index (Phi) is 9.02. The van der Waals surface area contributed by atoms with Crippen molar-refractivity contribution in [1.82, 2.24) is 5.32 Å². The van der Waals surface area contributed by atoms with Gasteiger partial charge in [0.05, 0.1) is 0 Å². The molecule has 0 aromatic rings. The molecule has 74 valence electrons. The summed E-state index contributed by atoms with van der Waals surface area (Å²) in [7, 11) is 0. The van der Waals surface area contributed by atoms with Crippen molar-refractivity contribution in [2.24, 2.45) is 0 Å². The van der Waals surface area contributed by atoms with Gasteiger partial charge in [-0.15, -0.1) is 0 Å². The third kappa shape index (κ3) is 9.96. The van der Waals surface area contributed by atoms with E-state index in [1.165, 1.54) is 45.1 Å². The molecule has 0 amide bonds. The summed E-state index contributed by atoms with van der Waals surface area (Å²) in [5.74, 6) is 0. The molecule has 1 fully saturated rings. The Bertz CT molecular complexity index is 77.1. The standard InChI is InChI=1S/C8H17N.C3H8/c1-2-3-4-5-6-8-7-9-8;1-3-2/h8-9H,2-7H2,1H3;3H2,1-2H3/t8-;/m0./s1. The van der Waals surface area contributed by atoms with E-state index in [0.717, 1.165) is 6.04 Å². The zero-order valence-corrected chi connectivity index (χ0v) is 9.03. The molecule has 0 saturated carbocycles. The molecule has 0 radical (unpaired) electrons. The van der Waals surface area contributed by atoms with E-state index >= 15 is 0 Å². The summed E-state index contributed by atoms with van der Waals surface area (Å²) >= 11 is 0. The topological polar surface area (TPSA) is 21.9 Å². The van der Waals surface area contributed by atoms with Gasteiger partial charge in [-0.05, 0) is 6.42 Å². The molecular formula is C11H25N. The summed E-state index contributed by atoms with van der Waals surface area (Å²) in [4.78, 5) is 0. The Morgan fingerprint density at radius 2 is 1.67 bits per heavy atom. The van der Waals surface area contributed by atoms with Crippen LogP contribution in [-0.2, 0) is 0 Å². The first-order valence-corrected chi connectivity index (χ1v) is 5.58. The van der Waals surface area contributed by atoms with Crippen molar-refractivity contribution in [3.8, 4) is 0 Å². The highest BCUT2D eigenvalue weighted by Gasteiger charge is 2.17. The molecule has 1 heterocycles. The smallest absolute Gasteiger partial charge is 0.0193 e. The molecule has 0 bridgehead atoms. The van der Waals surface area contributed by atoms with E-state index in [-0.39, 0.29) is 0 Å². The highest BCUT2D eigenvalue weighted by molar-refractivity contribution is 4.82. The molecule has 1 aliphatic rings. The van der Waals surface area contributed by atoms with Gasteiger partial charge >= 0.3 is 0 Å². The molecule has 0 spiro atoms. The lowest BCUT2D eigenvalue weighted by atomic mass is 10.1. The lowest BCUT2D eigenvalue weighted by Crippen LogP contribution is -1.89. The SMILES string of the molecule is CCC.CCCCCC[C@H]1CN1. The van der Waals surface area contributed by atoms with Crippen LogP contribution in [0.2, 0.25) is 0 Å². The van der Waals surface area contributed by atoms with Crippen molar-refractivity contribution in [2.45, 2.75) is 65.3 Å². The number of hydrogen-bond donors (Lipinski definition) is 1. The van der Waals surface area contributed by atoms with Gasteiger partial charge < -0.3 is 5.32 Å². The normalized spacial score (nSPS) is 19.8. The number of unbranched alkanes of at least 4 members (excludes halogenated alkanes) is 3. The van der Waals surface area contributed by atoms with Crippen LogP contribution in [0.15, 0.2) is 0 Å². The average molecular weight is 171 g/mol. The predicted octanol–water partition coefficient (Wildman–Crippen LogP) is 3.34. The molecule has 0 aromatic heterocycles. The van der Waals surface area contributed by atoms with E-state index < -0.39 is 0 Å². The molecule has 1 rings (SSSR count). The first kappa shape index (κ1) is 12.0. The van der Waals surface area contributed by atoms with Gasteiger partial charge in [-0.25, -0.2) is 0 Å². The van der Waals surface area contributed by atoms with Gasteiger partial charge in [0.25, 0.3) is 0 Å². The van der Waals surface area contributed by atoms with Crippen LogP contribution in [0.5, 0.6) is 0 Å². The maximum Gasteiger partial charge on any atom is 0.0193 e. The first-order chi connectivity index (χ1) is 5.85. The highest BCUT2D eigenvalue weighted by atomic mass is 15.1. The van der Waals surface area contributed by atoms with Crippen LogP contribution in [-0.4, -0.2) is 12.6 Å². The van der Waals surface area contributed by atoms with E-state index in [0.29, 0.717) is 0 Å². The predicted molar refractivity (Wildman–Crippen MR) is 56.5 cm³/mol. The van der Waals surface area contributed by atoms with Gasteiger partial charge in [0.1, 0.15) is 0 Å². The second-order valence-electron chi connectivity index (χ2n) is 3.66. The molecule has 1 saturated heterocycles. The quantitative estimate of drug-likeness (QED) is 0.497. The molecule has 0 aromatic carbocycles. The fraction of sp³-hybridized carbons (Fsp3) is 1.00. The van der Waals surface area contributed by atoms with Crippen LogP contribution in [0.3, 0.4) is 0 Å². The summed E-state index contributed by atoms with van der Waals surface area (Å²) in [6, 6.07) is 0.904. The Morgan fingerprint density at radius 1 is 1.08 bits per heavy atom. The van der Waals surface area contributed by atoms with E-state index in [1.807, 2.05) is 0 Å². The van der Waals surface area contributed by atoms with Crippen LogP contribution in [0.25, 0.3) is 0 Å². The second kappa shape index (κ2) is 9.05. The fourth-order valence-electron chi connectivity index (χ4n) is 1.10. The zero-order valence-electron chi connectivity index (χ0n) is 9.03. The molecule has 1 atom stereocenters. The minimum absolute atomic E-state index is 0.904. The molecule has 1 nitrogen and oxygen atoms in total. The highest BCUT2D eigenvalue weighted by Crippen LogP contribution is 2.10. The molecule has 1 N–H and O–H groups in total. The van der Waals surface area contributed by atoms with E-state index in [2.05, 4.69) is 26.1 Å². The Balaban J connectivity index is 0.000000354. The maximum atomic E-state index is 3.31. The van der Waals surface area contributed by atoms with Gasteiger partial charge in [0, 0.05) is 12.6 Å². The minimum atomic E-state index is 0.904. The summed E-state index contributed by atoms with van der Waals surface area (Å²) < 4.78 is 0. The lowest BCUT2D eigenvalue weighted by molar-refractivity contribution is 0.627. The van der Waals surface area contributed by atoms with Crippen LogP contribution in [0.1, 0.15) is 59.3 Å². The summed E-state index contributed by atoms with van der Waals surface area (Å²) in [5, 5.41) is 3.31. The summed E-state index contributed by atoms with van der Waals surface area (Å²) in [6.45, 7) is 7.79. The fourth-order valence-corrected chi connectivity index (χ4v) is 1.10. The molecular weight excluding hydrogens is 146 g/mol. The minimum Gasteiger partial charge on any atom is -0.311 e. The van der Waals surface area contributed by atoms with E-state index in [4.69, 9.17) is 0 Å². The van der Waals surface area contributed by atoms with Gasteiger partial charge in [-0.1, -0.05) is 52.9 Å². The summed E-state index contributed by atoms with van der Waals surface area (Å²) in [5.41, 5.74) is 0. The molecule has 1 heteroatoms. The molecule has 0 aliphatic carbocycles. The lowest BCUT2D eigenvalue weighted by Gasteiger charge is -1.94. The van der Waals surface area contributed by atoms with E-state index in [1.54, 1.807) is 0 Å². The molecule has 1 aliphatic heterocycles. The van der Waals surface area contributed by atoms with Gasteiger partial charge in [0.2, 0.25) is 0 Å². The van der Waals surface area contributed by atoms with Crippen molar-refractivity contribution in [1.29, 1.82) is 0 Å². The van der Waals surface area contributed by atoms with Crippen molar-refractivity contribution in [2.75, 3.05) is 6.54 Å².